The smallest absolute Gasteiger partial charge is 0.302 e. The van der Waals surface area contributed by atoms with E-state index in [0.717, 1.165) is 16.7 Å². The Kier molecular flexibility index (Phi) is 11.0. The van der Waals surface area contributed by atoms with Crippen molar-refractivity contribution in [2.45, 2.75) is 63.7 Å². The molecule has 0 unspecified atom stereocenters. The summed E-state index contributed by atoms with van der Waals surface area (Å²) in [7, 11) is 0. The predicted molar refractivity (Wildman–Crippen MR) is 158 cm³/mol. The lowest BCUT2D eigenvalue weighted by Crippen LogP contribution is -2.61. The Hall–Kier alpha value is -3.75. The van der Waals surface area contributed by atoms with E-state index in [1.54, 1.807) is 6.08 Å². The zero-order chi connectivity index (χ0) is 29.0. The minimum absolute atomic E-state index is 0.179. The van der Waals surface area contributed by atoms with E-state index in [2.05, 4.69) is 0 Å². The van der Waals surface area contributed by atoms with Gasteiger partial charge in [-0.05, 0) is 41.3 Å². The van der Waals surface area contributed by atoms with Gasteiger partial charge in [0.15, 0.2) is 6.10 Å². The lowest BCUT2D eigenvalue weighted by atomic mass is 9.91. The molecule has 5 atom stereocenters. The number of rotatable bonds is 13. The largest absolute Gasteiger partial charge is 0.485 e. The van der Waals surface area contributed by atoms with Gasteiger partial charge in [-0.1, -0.05) is 91.0 Å². The first kappa shape index (κ1) is 29.7. The second-order valence-electron chi connectivity index (χ2n) is 10.4. The summed E-state index contributed by atoms with van der Waals surface area (Å²) < 4.78 is 37.5. The second-order valence-corrected chi connectivity index (χ2v) is 10.4. The highest BCUT2D eigenvalue weighted by atomic mass is 16.6. The van der Waals surface area contributed by atoms with Crippen LogP contribution in [0.2, 0.25) is 0 Å². The minimum atomic E-state index is -0.449. The van der Waals surface area contributed by atoms with Gasteiger partial charge in [0.1, 0.15) is 36.8 Å². The number of allylic oxidation sites excluding steroid dienone is 1. The molecule has 0 radical (unpaired) electrons. The molecular weight excluding hydrogens is 532 g/mol. The summed E-state index contributed by atoms with van der Waals surface area (Å²) in [5.41, 5.74) is 3.22. The zero-order valence-electron chi connectivity index (χ0n) is 23.9. The number of ether oxygens (including phenoxy) is 6. The molecule has 7 heteroatoms. The fourth-order valence-corrected chi connectivity index (χ4v) is 5.12. The molecule has 0 N–H and O–H groups in total. The van der Waals surface area contributed by atoms with Crippen molar-refractivity contribution in [1.82, 2.24) is 0 Å². The lowest BCUT2D eigenvalue weighted by molar-refractivity contribution is -0.266. The van der Waals surface area contributed by atoms with Crippen LogP contribution in [-0.2, 0) is 53.0 Å². The first-order valence-corrected chi connectivity index (χ1v) is 14.4. The summed E-state index contributed by atoms with van der Waals surface area (Å²) >= 11 is 0. The number of fused-ring (bicyclic) bond motifs is 1. The van der Waals surface area contributed by atoms with Gasteiger partial charge in [0.2, 0.25) is 0 Å². The molecule has 42 heavy (non-hydrogen) atoms. The Morgan fingerprint density at radius 3 is 1.98 bits per heavy atom. The van der Waals surface area contributed by atoms with Gasteiger partial charge < -0.3 is 28.4 Å². The lowest BCUT2D eigenvalue weighted by Gasteiger charge is -2.47. The van der Waals surface area contributed by atoms with Crippen molar-refractivity contribution in [3.05, 3.63) is 132 Å². The molecule has 3 aromatic carbocycles. The zero-order valence-corrected chi connectivity index (χ0v) is 23.9. The van der Waals surface area contributed by atoms with E-state index in [0.29, 0.717) is 38.6 Å². The topological polar surface area (TPSA) is 72.5 Å². The standard InChI is InChI=1S/C35H38O7/c1-26(36)38-21-11-18-30-19-20-31-34(41-30)35(40-24-29-16-9-4-10-17-29)33(39-23-28-14-7-3-8-15-28)32(42-31)25-37-22-27-12-5-2-6-13-27/h2-19,31-35H,20-25H2,1H3/b18-11+/t31-,32+,33+,34-,35-/m0/s1. The van der Waals surface area contributed by atoms with Crippen molar-refractivity contribution in [3.8, 4) is 0 Å². The first-order valence-electron chi connectivity index (χ1n) is 14.4. The summed E-state index contributed by atoms with van der Waals surface area (Å²) in [6, 6.07) is 30.2. The fraction of sp³-hybridized carbons (Fsp3) is 0.343. The van der Waals surface area contributed by atoms with Crippen LogP contribution >= 0.6 is 0 Å². The molecule has 0 saturated carbocycles. The van der Waals surface area contributed by atoms with Crippen molar-refractivity contribution in [1.29, 1.82) is 0 Å². The van der Waals surface area contributed by atoms with E-state index in [9.17, 15) is 4.79 Å². The van der Waals surface area contributed by atoms with E-state index in [1.807, 2.05) is 103 Å². The highest BCUT2D eigenvalue weighted by Crippen LogP contribution is 2.35. The van der Waals surface area contributed by atoms with Gasteiger partial charge in [-0.15, -0.1) is 0 Å². The molecule has 0 aromatic heterocycles. The van der Waals surface area contributed by atoms with E-state index < -0.39 is 18.3 Å². The monoisotopic (exact) mass is 570 g/mol. The molecule has 2 aliphatic heterocycles. The maximum Gasteiger partial charge on any atom is 0.302 e. The molecule has 0 aliphatic carbocycles. The molecule has 5 rings (SSSR count). The van der Waals surface area contributed by atoms with Gasteiger partial charge >= 0.3 is 5.97 Å². The summed E-state index contributed by atoms with van der Waals surface area (Å²) in [5, 5.41) is 0. The Bertz CT molecular complexity index is 1290. The number of esters is 1. The normalized spacial score (nSPS) is 23.5. The Labute approximate surface area is 247 Å². The summed E-state index contributed by atoms with van der Waals surface area (Å²) in [6.45, 7) is 3.20. The van der Waals surface area contributed by atoms with Crippen LogP contribution < -0.4 is 0 Å². The molecule has 1 saturated heterocycles. The average Bonchev–Trinajstić information content (AvgIpc) is 3.02. The van der Waals surface area contributed by atoms with Crippen molar-refractivity contribution in [2.24, 2.45) is 0 Å². The van der Waals surface area contributed by atoms with Crippen LogP contribution in [0.15, 0.2) is 115 Å². The number of hydrogen-bond acceptors (Lipinski definition) is 7. The van der Waals surface area contributed by atoms with Gasteiger partial charge in [-0.3, -0.25) is 4.79 Å². The summed E-state index contributed by atoms with van der Waals surface area (Å²) in [5.74, 6) is 0.355. The van der Waals surface area contributed by atoms with Gasteiger partial charge in [-0.2, -0.15) is 0 Å². The summed E-state index contributed by atoms with van der Waals surface area (Å²) in [4.78, 5) is 11.1. The number of carbonyl (C=O) groups excluding carboxylic acids is 1. The van der Waals surface area contributed by atoms with Gasteiger partial charge in [0.25, 0.3) is 0 Å². The highest BCUT2D eigenvalue weighted by molar-refractivity contribution is 5.66. The molecule has 3 aromatic rings. The van der Waals surface area contributed by atoms with E-state index >= 15 is 0 Å². The maximum atomic E-state index is 11.1. The highest BCUT2D eigenvalue weighted by Gasteiger charge is 2.49. The van der Waals surface area contributed by atoms with Crippen LogP contribution in [0.25, 0.3) is 0 Å². The third kappa shape index (κ3) is 8.63. The second kappa shape index (κ2) is 15.5. The third-order valence-corrected chi connectivity index (χ3v) is 7.18. The van der Waals surface area contributed by atoms with Crippen LogP contribution in [0.5, 0.6) is 0 Å². The Morgan fingerprint density at radius 1 is 0.810 bits per heavy atom. The molecule has 0 bridgehead atoms. The van der Waals surface area contributed by atoms with E-state index in [-0.39, 0.29) is 24.8 Å². The van der Waals surface area contributed by atoms with Crippen molar-refractivity contribution in [3.63, 3.8) is 0 Å². The minimum Gasteiger partial charge on any atom is -0.485 e. The van der Waals surface area contributed by atoms with Gasteiger partial charge in [-0.25, -0.2) is 0 Å². The molecule has 7 nitrogen and oxygen atoms in total. The van der Waals surface area contributed by atoms with E-state index in [4.69, 9.17) is 28.4 Å². The average molecular weight is 571 g/mol. The fourth-order valence-electron chi connectivity index (χ4n) is 5.12. The van der Waals surface area contributed by atoms with Crippen molar-refractivity contribution >= 4 is 5.97 Å². The van der Waals surface area contributed by atoms with Crippen LogP contribution in [0.1, 0.15) is 30.0 Å². The number of hydrogen-bond donors (Lipinski definition) is 0. The first-order chi connectivity index (χ1) is 20.7. The Morgan fingerprint density at radius 2 is 1.38 bits per heavy atom. The van der Waals surface area contributed by atoms with Crippen molar-refractivity contribution in [2.75, 3.05) is 13.2 Å². The molecule has 0 amide bonds. The van der Waals surface area contributed by atoms with Crippen molar-refractivity contribution < 1.29 is 33.2 Å². The maximum absolute atomic E-state index is 11.1. The van der Waals surface area contributed by atoms with Crippen LogP contribution in [0, 0.1) is 0 Å². The van der Waals surface area contributed by atoms with E-state index in [1.165, 1.54) is 6.92 Å². The van der Waals surface area contributed by atoms with Crippen LogP contribution in [0.3, 0.4) is 0 Å². The predicted octanol–water partition coefficient (Wildman–Crippen LogP) is 5.93. The molecule has 2 heterocycles. The van der Waals surface area contributed by atoms with Gasteiger partial charge in [0, 0.05) is 6.92 Å². The SMILES string of the molecule is CC(=O)OC/C=C/C1=CC[C@@H]2O[C@H](COCc3ccccc3)[C@@H](OCc3ccccc3)[C@H](OCc3ccccc3)[C@H]2O1. The summed E-state index contributed by atoms with van der Waals surface area (Å²) in [6.07, 6.45) is 4.34. The Balaban J connectivity index is 1.36. The molecule has 1 fully saturated rings. The van der Waals surface area contributed by atoms with Crippen LogP contribution in [0.4, 0.5) is 0 Å². The molecule has 2 aliphatic rings. The van der Waals surface area contributed by atoms with Gasteiger partial charge in [0.05, 0.1) is 26.4 Å². The van der Waals surface area contributed by atoms with Crippen LogP contribution in [-0.4, -0.2) is 49.7 Å². The quantitative estimate of drug-likeness (QED) is 0.236. The third-order valence-electron chi connectivity index (χ3n) is 7.18. The molecule has 0 spiro atoms. The molecule has 220 valence electrons. The number of carbonyl (C=O) groups is 1. The number of benzene rings is 3. The molecular formula is C35H38O7.